The number of benzene rings is 1. The summed E-state index contributed by atoms with van der Waals surface area (Å²) in [6, 6.07) is 3.50. The molecule has 0 fully saturated rings. The molecule has 1 aromatic heterocycles. The number of H-pyrrole nitrogens is 1. The van der Waals surface area contributed by atoms with Crippen molar-refractivity contribution in [2.45, 2.75) is 18.9 Å². The second-order valence-electron chi connectivity index (χ2n) is 4.24. The number of hydrogen-bond acceptors (Lipinski definition) is 4. The number of anilines is 1. The summed E-state index contributed by atoms with van der Waals surface area (Å²) in [6.45, 7) is 3.48. The first-order valence-electron chi connectivity index (χ1n) is 5.72. The molecule has 0 aliphatic carbocycles. The van der Waals surface area contributed by atoms with Gasteiger partial charge in [0.25, 0.3) is 10.0 Å². The van der Waals surface area contributed by atoms with Gasteiger partial charge in [0.05, 0.1) is 19.0 Å². The number of halogens is 1. The Morgan fingerprint density at radius 1 is 1.35 bits per heavy atom. The van der Waals surface area contributed by atoms with Crippen molar-refractivity contribution in [1.82, 2.24) is 9.97 Å². The molecule has 1 aromatic carbocycles. The SMILES string of the molecule is COc1cc(Br)cc(C)c1NS(=O)(=O)c1cnc(C)[nH]1. The first-order chi connectivity index (χ1) is 9.33. The molecule has 20 heavy (non-hydrogen) atoms. The normalized spacial score (nSPS) is 11.4. The van der Waals surface area contributed by atoms with Gasteiger partial charge in [-0.3, -0.25) is 4.72 Å². The molecule has 0 aliphatic rings. The van der Waals surface area contributed by atoms with Crippen molar-refractivity contribution < 1.29 is 13.2 Å². The Morgan fingerprint density at radius 3 is 2.60 bits per heavy atom. The molecule has 0 saturated carbocycles. The highest BCUT2D eigenvalue weighted by Crippen LogP contribution is 2.33. The molecule has 1 heterocycles. The maximum atomic E-state index is 12.3. The zero-order valence-corrected chi connectivity index (χ0v) is 13.6. The van der Waals surface area contributed by atoms with Gasteiger partial charge in [0.15, 0.2) is 5.03 Å². The van der Waals surface area contributed by atoms with E-state index in [1.165, 1.54) is 13.3 Å². The number of sulfonamides is 1. The Morgan fingerprint density at radius 2 is 2.05 bits per heavy atom. The van der Waals surface area contributed by atoms with E-state index >= 15 is 0 Å². The number of aromatic amines is 1. The molecule has 108 valence electrons. The molecule has 0 unspecified atom stereocenters. The average molecular weight is 360 g/mol. The maximum absolute atomic E-state index is 12.3. The summed E-state index contributed by atoms with van der Waals surface area (Å²) in [5.74, 6) is 0.974. The third kappa shape index (κ3) is 2.96. The summed E-state index contributed by atoms with van der Waals surface area (Å²) in [7, 11) is -2.24. The third-order valence-electron chi connectivity index (χ3n) is 2.69. The van der Waals surface area contributed by atoms with Gasteiger partial charge in [-0.1, -0.05) is 15.9 Å². The second-order valence-corrected chi connectivity index (χ2v) is 6.80. The van der Waals surface area contributed by atoms with E-state index in [0.717, 1.165) is 10.0 Å². The molecule has 0 bridgehead atoms. The number of ether oxygens (including phenoxy) is 1. The Hall–Kier alpha value is -1.54. The van der Waals surface area contributed by atoms with Gasteiger partial charge in [-0.05, 0) is 31.5 Å². The molecule has 0 radical (unpaired) electrons. The Bertz CT molecular complexity index is 740. The smallest absolute Gasteiger partial charge is 0.279 e. The van der Waals surface area contributed by atoms with Crippen LogP contribution in [-0.2, 0) is 10.0 Å². The Kier molecular flexibility index (Phi) is 4.05. The lowest BCUT2D eigenvalue weighted by atomic mass is 10.2. The van der Waals surface area contributed by atoms with Gasteiger partial charge in [0.2, 0.25) is 0 Å². The minimum absolute atomic E-state index is 0.0133. The fraction of sp³-hybridized carbons (Fsp3) is 0.250. The molecular weight excluding hydrogens is 346 g/mol. The van der Waals surface area contributed by atoms with Crippen molar-refractivity contribution in [2.24, 2.45) is 0 Å². The second kappa shape index (κ2) is 5.45. The zero-order chi connectivity index (χ0) is 14.9. The van der Waals surface area contributed by atoms with Crippen LogP contribution in [0, 0.1) is 13.8 Å². The highest BCUT2D eigenvalue weighted by atomic mass is 79.9. The van der Waals surface area contributed by atoms with Crippen LogP contribution in [0.5, 0.6) is 5.75 Å². The standard InChI is InChI=1S/C12H14BrN3O3S/c1-7-4-9(13)5-10(19-3)12(7)16-20(17,18)11-6-14-8(2)15-11/h4-6,16H,1-3H3,(H,14,15). The van der Waals surface area contributed by atoms with Crippen LogP contribution in [-0.4, -0.2) is 25.5 Å². The molecule has 0 amide bonds. The highest BCUT2D eigenvalue weighted by molar-refractivity contribution is 9.10. The number of nitrogens with one attached hydrogen (secondary N) is 2. The number of methoxy groups -OCH3 is 1. The zero-order valence-electron chi connectivity index (χ0n) is 11.2. The van der Waals surface area contributed by atoms with Crippen LogP contribution in [0.3, 0.4) is 0 Å². The van der Waals surface area contributed by atoms with Crippen LogP contribution in [0.25, 0.3) is 0 Å². The van der Waals surface area contributed by atoms with Crippen LogP contribution < -0.4 is 9.46 Å². The first-order valence-corrected chi connectivity index (χ1v) is 7.99. The summed E-state index contributed by atoms with van der Waals surface area (Å²) in [5.41, 5.74) is 1.15. The van der Waals surface area contributed by atoms with Crippen molar-refractivity contribution in [3.8, 4) is 5.75 Å². The molecular formula is C12H14BrN3O3S. The Labute approximate surface area is 125 Å². The van der Waals surface area contributed by atoms with E-state index in [4.69, 9.17) is 4.74 Å². The van der Waals surface area contributed by atoms with E-state index in [-0.39, 0.29) is 5.03 Å². The number of aryl methyl sites for hydroxylation is 2. The lowest BCUT2D eigenvalue weighted by Gasteiger charge is -2.14. The molecule has 6 nitrogen and oxygen atoms in total. The minimum Gasteiger partial charge on any atom is -0.495 e. The van der Waals surface area contributed by atoms with E-state index in [1.807, 2.05) is 0 Å². The van der Waals surface area contributed by atoms with Gasteiger partial charge in [-0.15, -0.1) is 0 Å². The molecule has 0 aliphatic heterocycles. The van der Waals surface area contributed by atoms with Gasteiger partial charge in [-0.2, -0.15) is 8.42 Å². The average Bonchev–Trinajstić information content (AvgIpc) is 2.80. The molecule has 8 heteroatoms. The first kappa shape index (κ1) is 14.9. The lowest BCUT2D eigenvalue weighted by molar-refractivity contribution is 0.416. The monoisotopic (exact) mass is 359 g/mol. The number of aromatic nitrogens is 2. The van der Waals surface area contributed by atoms with Crippen molar-refractivity contribution >= 4 is 31.6 Å². The van der Waals surface area contributed by atoms with E-state index in [1.54, 1.807) is 26.0 Å². The topological polar surface area (TPSA) is 84.1 Å². The number of hydrogen-bond donors (Lipinski definition) is 2. The predicted octanol–water partition coefficient (Wildman–Crippen LogP) is 2.60. The van der Waals surface area contributed by atoms with E-state index in [0.29, 0.717) is 17.3 Å². The largest absolute Gasteiger partial charge is 0.495 e. The number of nitrogens with zero attached hydrogens (tertiary/aromatic N) is 1. The summed E-state index contributed by atoms with van der Waals surface area (Å²) >= 11 is 3.34. The fourth-order valence-corrected chi connectivity index (χ4v) is 3.39. The van der Waals surface area contributed by atoms with Gasteiger partial charge < -0.3 is 9.72 Å². The van der Waals surface area contributed by atoms with Gasteiger partial charge >= 0.3 is 0 Å². The predicted molar refractivity (Wildman–Crippen MR) is 79.6 cm³/mol. The quantitative estimate of drug-likeness (QED) is 0.878. The minimum atomic E-state index is -3.72. The van der Waals surface area contributed by atoms with Gasteiger partial charge in [0.1, 0.15) is 11.6 Å². The highest BCUT2D eigenvalue weighted by Gasteiger charge is 2.20. The van der Waals surface area contributed by atoms with E-state index < -0.39 is 10.0 Å². The van der Waals surface area contributed by atoms with Crippen LogP contribution in [0.2, 0.25) is 0 Å². The molecule has 2 N–H and O–H groups in total. The van der Waals surface area contributed by atoms with Crippen LogP contribution >= 0.6 is 15.9 Å². The molecule has 2 rings (SSSR count). The van der Waals surface area contributed by atoms with Crippen molar-refractivity contribution in [2.75, 3.05) is 11.8 Å². The fourth-order valence-electron chi connectivity index (χ4n) is 1.73. The molecule has 0 saturated heterocycles. The third-order valence-corrected chi connectivity index (χ3v) is 4.41. The van der Waals surface area contributed by atoms with Crippen molar-refractivity contribution in [3.05, 3.63) is 34.2 Å². The maximum Gasteiger partial charge on any atom is 0.279 e. The van der Waals surface area contributed by atoms with Crippen LogP contribution in [0.1, 0.15) is 11.4 Å². The van der Waals surface area contributed by atoms with Crippen molar-refractivity contribution in [1.29, 1.82) is 0 Å². The molecule has 0 atom stereocenters. The van der Waals surface area contributed by atoms with Gasteiger partial charge in [-0.25, -0.2) is 4.98 Å². The van der Waals surface area contributed by atoms with E-state index in [2.05, 4.69) is 30.6 Å². The van der Waals surface area contributed by atoms with Gasteiger partial charge in [0, 0.05) is 4.47 Å². The van der Waals surface area contributed by atoms with Crippen LogP contribution in [0.4, 0.5) is 5.69 Å². The van der Waals surface area contributed by atoms with Crippen molar-refractivity contribution in [3.63, 3.8) is 0 Å². The van der Waals surface area contributed by atoms with Crippen LogP contribution in [0.15, 0.2) is 27.8 Å². The summed E-state index contributed by atoms with van der Waals surface area (Å²) in [5, 5.41) is 0.0133. The Balaban J connectivity index is 2.44. The van der Waals surface area contributed by atoms with E-state index in [9.17, 15) is 8.42 Å². The molecule has 2 aromatic rings. The number of rotatable bonds is 4. The summed E-state index contributed by atoms with van der Waals surface area (Å²) < 4.78 is 33.1. The number of imidazole rings is 1. The lowest BCUT2D eigenvalue weighted by Crippen LogP contribution is -2.15. The molecule has 0 spiro atoms. The summed E-state index contributed by atoms with van der Waals surface area (Å²) in [6.07, 6.45) is 1.28. The summed E-state index contributed by atoms with van der Waals surface area (Å²) in [4.78, 5) is 6.58.